The topological polar surface area (TPSA) is 56.3 Å². The first-order valence-electron chi connectivity index (χ1n) is 7.63. The summed E-state index contributed by atoms with van der Waals surface area (Å²) in [7, 11) is 0. The zero-order valence-electron chi connectivity index (χ0n) is 12.5. The fourth-order valence-corrected chi connectivity index (χ4v) is 2.30. The molecule has 1 aliphatic heterocycles. The van der Waals surface area contributed by atoms with Crippen molar-refractivity contribution in [3.05, 3.63) is 11.9 Å². The van der Waals surface area contributed by atoms with E-state index in [1.165, 1.54) is 0 Å². The van der Waals surface area contributed by atoms with Gasteiger partial charge in [-0.2, -0.15) is 0 Å². The molecule has 2 heterocycles. The molecule has 0 amide bonds. The van der Waals surface area contributed by atoms with Gasteiger partial charge in [0.2, 0.25) is 5.88 Å². The largest absolute Gasteiger partial charge is 0.477 e. The van der Waals surface area contributed by atoms with Crippen LogP contribution in [-0.4, -0.2) is 36.3 Å². The maximum atomic E-state index is 5.92. The Morgan fingerprint density at radius 3 is 2.95 bits per heavy atom. The molecule has 5 nitrogen and oxygen atoms in total. The molecule has 2 rings (SSSR count). The first-order chi connectivity index (χ1) is 9.85. The average molecular weight is 279 g/mol. The van der Waals surface area contributed by atoms with Crippen LogP contribution in [0.5, 0.6) is 5.88 Å². The molecule has 1 unspecified atom stereocenters. The summed E-state index contributed by atoms with van der Waals surface area (Å²) in [5.74, 6) is 2.14. The highest BCUT2D eigenvalue weighted by molar-refractivity contribution is 5.48. The van der Waals surface area contributed by atoms with E-state index >= 15 is 0 Å². The molecule has 1 saturated heterocycles. The minimum atomic E-state index is 0.492. The molecule has 20 heavy (non-hydrogen) atoms. The van der Waals surface area contributed by atoms with Gasteiger partial charge in [0.15, 0.2) is 0 Å². The van der Waals surface area contributed by atoms with E-state index in [0.717, 1.165) is 62.7 Å². The Balaban J connectivity index is 2.04. The van der Waals surface area contributed by atoms with Crippen molar-refractivity contribution in [1.29, 1.82) is 0 Å². The second-order valence-electron chi connectivity index (χ2n) is 5.22. The number of nitrogens with one attached hydrogen (secondary N) is 1. The van der Waals surface area contributed by atoms with Gasteiger partial charge in [-0.05, 0) is 19.3 Å². The Labute approximate surface area is 121 Å². The molecule has 1 N–H and O–H groups in total. The molecule has 0 aliphatic carbocycles. The summed E-state index contributed by atoms with van der Waals surface area (Å²) in [4.78, 5) is 8.66. The maximum absolute atomic E-state index is 5.92. The monoisotopic (exact) mass is 279 g/mol. The lowest BCUT2D eigenvalue weighted by molar-refractivity contribution is 0.165. The quantitative estimate of drug-likeness (QED) is 0.793. The summed E-state index contributed by atoms with van der Waals surface area (Å²) in [5.41, 5.74) is 1.10. The van der Waals surface area contributed by atoms with Crippen LogP contribution in [-0.2, 0) is 11.2 Å². The lowest BCUT2D eigenvalue weighted by Crippen LogP contribution is -2.15. The number of ether oxygens (including phenoxy) is 2. The Morgan fingerprint density at radius 1 is 1.35 bits per heavy atom. The molecule has 1 fully saturated rings. The summed E-state index contributed by atoms with van der Waals surface area (Å²) in [6, 6.07) is 0. The predicted octanol–water partition coefficient (Wildman–Crippen LogP) is 2.67. The van der Waals surface area contributed by atoms with E-state index in [2.05, 4.69) is 29.1 Å². The molecule has 5 heteroatoms. The number of hydrogen-bond donors (Lipinski definition) is 1. The normalized spacial score (nSPS) is 18.2. The molecular formula is C15H25N3O2. The van der Waals surface area contributed by atoms with Gasteiger partial charge in [0.1, 0.15) is 12.1 Å². The van der Waals surface area contributed by atoms with Crippen molar-refractivity contribution < 1.29 is 9.47 Å². The van der Waals surface area contributed by atoms with Crippen LogP contribution in [0.3, 0.4) is 0 Å². The number of hydrogen-bond acceptors (Lipinski definition) is 5. The Hall–Kier alpha value is -1.36. The molecular weight excluding hydrogens is 254 g/mol. The smallest absolute Gasteiger partial charge is 0.221 e. The molecule has 0 spiro atoms. The molecule has 0 aromatic carbocycles. The van der Waals surface area contributed by atoms with Gasteiger partial charge in [0, 0.05) is 19.1 Å². The van der Waals surface area contributed by atoms with Crippen molar-refractivity contribution in [2.45, 2.75) is 39.5 Å². The van der Waals surface area contributed by atoms with E-state index in [1.54, 1.807) is 6.33 Å². The van der Waals surface area contributed by atoms with Crippen molar-refractivity contribution in [1.82, 2.24) is 9.97 Å². The van der Waals surface area contributed by atoms with Crippen molar-refractivity contribution in [3.63, 3.8) is 0 Å². The minimum Gasteiger partial charge on any atom is -0.477 e. The van der Waals surface area contributed by atoms with Gasteiger partial charge in [-0.25, -0.2) is 9.97 Å². The van der Waals surface area contributed by atoms with Gasteiger partial charge < -0.3 is 14.8 Å². The van der Waals surface area contributed by atoms with E-state index in [-0.39, 0.29) is 0 Å². The highest BCUT2D eigenvalue weighted by Gasteiger charge is 2.18. The van der Waals surface area contributed by atoms with Gasteiger partial charge >= 0.3 is 0 Å². The third kappa shape index (κ3) is 4.07. The zero-order chi connectivity index (χ0) is 14.2. The summed E-state index contributed by atoms with van der Waals surface area (Å²) in [5, 5.41) is 3.36. The Kier molecular flexibility index (Phi) is 6.05. The van der Waals surface area contributed by atoms with Gasteiger partial charge in [-0.15, -0.1) is 0 Å². The fraction of sp³-hybridized carbons (Fsp3) is 0.733. The number of rotatable bonds is 8. The second-order valence-corrected chi connectivity index (χ2v) is 5.22. The van der Waals surface area contributed by atoms with Gasteiger partial charge in [0.05, 0.1) is 18.8 Å². The molecule has 1 aromatic rings. The van der Waals surface area contributed by atoms with Crippen LogP contribution >= 0.6 is 0 Å². The average Bonchev–Trinajstić information content (AvgIpc) is 2.98. The lowest BCUT2D eigenvalue weighted by atomic mass is 10.1. The lowest BCUT2D eigenvalue weighted by Gasteiger charge is -2.15. The first kappa shape index (κ1) is 15.0. The summed E-state index contributed by atoms with van der Waals surface area (Å²) < 4.78 is 11.3. The summed E-state index contributed by atoms with van der Waals surface area (Å²) >= 11 is 0. The highest BCUT2D eigenvalue weighted by Crippen LogP contribution is 2.25. The first-order valence-corrected chi connectivity index (χ1v) is 7.63. The molecule has 112 valence electrons. The van der Waals surface area contributed by atoms with E-state index in [9.17, 15) is 0 Å². The van der Waals surface area contributed by atoms with Crippen LogP contribution in [0.1, 0.15) is 38.7 Å². The zero-order valence-corrected chi connectivity index (χ0v) is 12.5. The van der Waals surface area contributed by atoms with E-state index in [0.29, 0.717) is 12.5 Å². The summed E-state index contributed by atoms with van der Waals surface area (Å²) in [6.45, 7) is 7.55. The molecule has 0 radical (unpaired) electrons. The van der Waals surface area contributed by atoms with Crippen molar-refractivity contribution >= 4 is 5.82 Å². The molecule has 1 aromatic heterocycles. The van der Waals surface area contributed by atoms with Crippen LogP contribution in [0, 0.1) is 5.92 Å². The van der Waals surface area contributed by atoms with Crippen LogP contribution in [0.25, 0.3) is 0 Å². The van der Waals surface area contributed by atoms with Crippen molar-refractivity contribution in [2.24, 2.45) is 5.92 Å². The third-order valence-electron chi connectivity index (χ3n) is 3.43. The number of anilines is 1. The highest BCUT2D eigenvalue weighted by atomic mass is 16.5. The van der Waals surface area contributed by atoms with E-state index in [4.69, 9.17) is 9.47 Å². The van der Waals surface area contributed by atoms with E-state index in [1.807, 2.05) is 0 Å². The third-order valence-corrected chi connectivity index (χ3v) is 3.43. The van der Waals surface area contributed by atoms with Gasteiger partial charge in [-0.1, -0.05) is 20.3 Å². The van der Waals surface area contributed by atoms with E-state index < -0.39 is 0 Å². The maximum Gasteiger partial charge on any atom is 0.221 e. The Bertz CT molecular complexity index is 406. The predicted molar refractivity (Wildman–Crippen MR) is 79.2 cm³/mol. The van der Waals surface area contributed by atoms with Crippen molar-refractivity contribution in [2.75, 3.05) is 31.7 Å². The summed E-state index contributed by atoms with van der Waals surface area (Å²) in [6.07, 6.45) is 5.72. The van der Waals surface area contributed by atoms with Gasteiger partial charge in [0.25, 0.3) is 0 Å². The van der Waals surface area contributed by atoms with Gasteiger partial charge in [-0.3, -0.25) is 0 Å². The van der Waals surface area contributed by atoms with Crippen LogP contribution in [0.15, 0.2) is 6.33 Å². The van der Waals surface area contributed by atoms with Crippen LogP contribution in [0.2, 0.25) is 0 Å². The second kappa shape index (κ2) is 8.04. The molecule has 1 aliphatic rings. The molecule has 0 bridgehead atoms. The minimum absolute atomic E-state index is 0.492. The van der Waals surface area contributed by atoms with Crippen LogP contribution in [0.4, 0.5) is 5.82 Å². The number of nitrogens with zero attached hydrogens (tertiary/aromatic N) is 2. The SMILES string of the molecule is CCCNc1ncnc(OCC2CCOC2)c1CCC. The Morgan fingerprint density at radius 2 is 2.25 bits per heavy atom. The number of aromatic nitrogens is 2. The standard InChI is InChI=1S/C15H25N3O2/c1-3-5-13-14(16-7-4-2)17-11-18-15(13)20-10-12-6-8-19-9-12/h11-12H,3-10H2,1-2H3,(H,16,17,18). The molecule has 0 saturated carbocycles. The van der Waals surface area contributed by atoms with Crippen LogP contribution < -0.4 is 10.1 Å². The molecule has 1 atom stereocenters. The fourth-order valence-electron chi connectivity index (χ4n) is 2.30. The van der Waals surface area contributed by atoms with Crippen molar-refractivity contribution in [3.8, 4) is 5.88 Å².